The van der Waals surface area contributed by atoms with Gasteiger partial charge >= 0.3 is 0 Å². The molecule has 3 aromatic carbocycles. The van der Waals surface area contributed by atoms with Crippen LogP contribution >= 0.6 is 0 Å². The maximum Gasteiger partial charge on any atom is 0.203 e. The Bertz CT molecular complexity index is 1010. The van der Waals surface area contributed by atoms with Gasteiger partial charge in [0.25, 0.3) is 0 Å². The Hall–Kier alpha value is -3.42. The maximum atomic E-state index is 10.3. The van der Waals surface area contributed by atoms with Crippen LogP contribution in [0.4, 0.5) is 0 Å². The van der Waals surface area contributed by atoms with Crippen molar-refractivity contribution in [2.24, 2.45) is 5.92 Å². The highest BCUT2D eigenvalue weighted by molar-refractivity contribution is 5.54. The summed E-state index contributed by atoms with van der Waals surface area (Å²) in [5.41, 5.74) is 3.23. The molecule has 194 valence electrons. The van der Waals surface area contributed by atoms with Gasteiger partial charge in [-0.3, -0.25) is 4.90 Å². The number of benzene rings is 3. The lowest BCUT2D eigenvalue weighted by molar-refractivity contribution is 0.0924. The second kappa shape index (κ2) is 13.0. The van der Waals surface area contributed by atoms with Gasteiger partial charge in [-0.1, -0.05) is 31.2 Å². The van der Waals surface area contributed by atoms with Crippen LogP contribution in [0.3, 0.4) is 0 Å². The summed E-state index contributed by atoms with van der Waals surface area (Å²) in [6.07, 6.45) is 0. The zero-order valence-electron chi connectivity index (χ0n) is 22.0. The summed E-state index contributed by atoms with van der Waals surface area (Å²) in [6.45, 7) is 3.37. The molecule has 0 radical (unpaired) electrons. The number of ether oxygens (including phenoxy) is 5. The molecule has 0 bridgehead atoms. The number of aliphatic hydroxyl groups excluding tert-OH is 1. The average Bonchev–Trinajstić information content (AvgIpc) is 2.93. The minimum Gasteiger partial charge on any atom is -0.497 e. The van der Waals surface area contributed by atoms with Crippen LogP contribution in [0.2, 0.25) is 0 Å². The highest BCUT2D eigenvalue weighted by Crippen LogP contribution is 2.43. The molecule has 3 aromatic rings. The van der Waals surface area contributed by atoms with Crippen molar-refractivity contribution < 1.29 is 28.8 Å². The third-order valence-corrected chi connectivity index (χ3v) is 6.34. The van der Waals surface area contributed by atoms with E-state index >= 15 is 0 Å². The number of hydrogen-bond donors (Lipinski definition) is 1. The molecule has 0 aliphatic rings. The zero-order valence-corrected chi connectivity index (χ0v) is 22.0. The van der Waals surface area contributed by atoms with Gasteiger partial charge in [-0.15, -0.1) is 0 Å². The maximum absolute atomic E-state index is 10.3. The normalized spacial score (nSPS) is 12.7. The van der Waals surface area contributed by atoms with Crippen molar-refractivity contribution in [1.29, 1.82) is 0 Å². The second-order valence-electron chi connectivity index (χ2n) is 8.66. The molecular weight excluding hydrogens is 458 g/mol. The third kappa shape index (κ3) is 6.42. The van der Waals surface area contributed by atoms with E-state index < -0.39 is 0 Å². The molecular formula is C29H37NO6. The standard InChI is InChI=1S/C29H37NO6/c1-20(19-31)28(23-15-26(34-4)29(36-6)27(16-23)35-5)30(17-21-7-11-24(32-2)12-8-21)18-22-9-13-25(33-3)14-10-22/h7-16,20,28,31H,17-19H2,1-6H3/t20-,28-/m1/s1. The zero-order chi connectivity index (χ0) is 26.1. The summed E-state index contributed by atoms with van der Waals surface area (Å²) in [5, 5.41) is 10.3. The van der Waals surface area contributed by atoms with Crippen LogP contribution in [0.25, 0.3) is 0 Å². The van der Waals surface area contributed by atoms with Gasteiger partial charge < -0.3 is 28.8 Å². The Labute approximate surface area is 214 Å². The van der Waals surface area contributed by atoms with Crippen molar-refractivity contribution in [1.82, 2.24) is 4.90 Å². The first-order chi connectivity index (χ1) is 17.5. The summed E-state index contributed by atoms with van der Waals surface area (Å²) in [4.78, 5) is 2.35. The van der Waals surface area contributed by atoms with Gasteiger partial charge in [0.15, 0.2) is 11.5 Å². The van der Waals surface area contributed by atoms with Crippen molar-refractivity contribution in [2.75, 3.05) is 42.2 Å². The molecule has 0 aromatic heterocycles. The van der Waals surface area contributed by atoms with E-state index in [4.69, 9.17) is 23.7 Å². The number of hydrogen-bond acceptors (Lipinski definition) is 7. The van der Waals surface area contributed by atoms with E-state index in [0.29, 0.717) is 30.3 Å². The van der Waals surface area contributed by atoms with Crippen molar-refractivity contribution >= 4 is 0 Å². The SMILES string of the molecule is COc1ccc(CN(Cc2ccc(OC)cc2)[C@@H](c2cc(OC)c(OC)c(OC)c2)[C@H](C)CO)cc1. The molecule has 0 unspecified atom stereocenters. The Morgan fingerprint density at radius 1 is 0.667 bits per heavy atom. The van der Waals surface area contributed by atoms with Gasteiger partial charge in [0.1, 0.15) is 11.5 Å². The first-order valence-corrected chi connectivity index (χ1v) is 11.9. The molecule has 0 aliphatic carbocycles. The average molecular weight is 496 g/mol. The first kappa shape index (κ1) is 27.2. The molecule has 0 fully saturated rings. The fourth-order valence-corrected chi connectivity index (χ4v) is 4.45. The summed E-state index contributed by atoms with van der Waals surface area (Å²) in [7, 11) is 8.13. The van der Waals surface area contributed by atoms with E-state index in [-0.39, 0.29) is 18.6 Å². The molecule has 1 N–H and O–H groups in total. The predicted octanol–water partition coefficient (Wildman–Crippen LogP) is 5.10. The summed E-state index contributed by atoms with van der Waals surface area (Å²) < 4.78 is 27.5. The quantitative estimate of drug-likeness (QED) is 0.354. The highest BCUT2D eigenvalue weighted by Gasteiger charge is 2.29. The van der Waals surface area contributed by atoms with Gasteiger partial charge in [0.2, 0.25) is 5.75 Å². The molecule has 2 atom stereocenters. The van der Waals surface area contributed by atoms with Gasteiger partial charge in [-0.2, -0.15) is 0 Å². The lowest BCUT2D eigenvalue weighted by Crippen LogP contribution is -2.33. The van der Waals surface area contributed by atoms with Crippen LogP contribution < -0.4 is 23.7 Å². The molecule has 0 heterocycles. The van der Waals surface area contributed by atoms with Crippen LogP contribution in [0, 0.1) is 5.92 Å². The fourth-order valence-electron chi connectivity index (χ4n) is 4.45. The van der Waals surface area contributed by atoms with E-state index in [1.54, 1.807) is 35.5 Å². The van der Waals surface area contributed by atoms with E-state index in [9.17, 15) is 5.11 Å². The molecule has 3 rings (SSSR count). The molecule has 0 amide bonds. The first-order valence-electron chi connectivity index (χ1n) is 11.9. The largest absolute Gasteiger partial charge is 0.497 e. The van der Waals surface area contributed by atoms with Crippen molar-refractivity contribution in [3.05, 3.63) is 77.4 Å². The molecule has 7 heteroatoms. The van der Waals surface area contributed by atoms with Crippen LogP contribution in [-0.2, 0) is 13.1 Å². The Morgan fingerprint density at radius 3 is 1.44 bits per heavy atom. The summed E-state index contributed by atoms with van der Waals surface area (Å²) in [5.74, 6) is 3.24. The predicted molar refractivity (Wildman–Crippen MR) is 140 cm³/mol. The lowest BCUT2D eigenvalue weighted by atomic mass is 9.91. The number of aliphatic hydroxyl groups is 1. The van der Waals surface area contributed by atoms with Crippen molar-refractivity contribution in [3.63, 3.8) is 0 Å². The van der Waals surface area contributed by atoms with E-state index in [1.807, 2.05) is 43.3 Å². The van der Waals surface area contributed by atoms with Crippen LogP contribution in [-0.4, -0.2) is 52.2 Å². The molecule has 0 saturated carbocycles. The third-order valence-electron chi connectivity index (χ3n) is 6.34. The molecule has 0 spiro atoms. The second-order valence-corrected chi connectivity index (χ2v) is 8.66. The number of nitrogens with zero attached hydrogens (tertiary/aromatic N) is 1. The van der Waals surface area contributed by atoms with Crippen LogP contribution in [0.5, 0.6) is 28.7 Å². The fraction of sp³-hybridized carbons (Fsp3) is 0.379. The summed E-state index contributed by atoms with van der Waals surface area (Å²) in [6, 6.07) is 19.9. The summed E-state index contributed by atoms with van der Waals surface area (Å²) >= 11 is 0. The Morgan fingerprint density at radius 2 is 1.11 bits per heavy atom. The Balaban J connectivity index is 2.09. The number of methoxy groups -OCH3 is 5. The van der Waals surface area contributed by atoms with Crippen molar-refractivity contribution in [2.45, 2.75) is 26.1 Å². The molecule has 7 nitrogen and oxygen atoms in total. The Kier molecular flexibility index (Phi) is 9.85. The van der Waals surface area contributed by atoms with Crippen LogP contribution in [0.15, 0.2) is 60.7 Å². The van der Waals surface area contributed by atoms with Gasteiger partial charge in [-0.25, -0.2) is 0 Å². The van der Waals surface area contributed by atoms with Gasteiger partial charge in [0, 0.05) is 25.7 Å². The highest BCUT2D eigenvalue weighted by atomic mass is 16.5. The number of rotatable bonds is 13. The van der Waals surface area contributed by atoms with E-state index in [0.717, 1.165) is 28.2 Å². The van der Waals surface area contributed by atoms with E-state index in [2.05, 4.69) is 29.2 Å². The monoisotopic (exact) mass is 495 g/mol. The minimum absolute atomic E-state index is 0.0169. The topological polar surface area (TPSA) is 69.6 Å². The van der Waals surface area contributed by atoms with Crippen molar-refractivity contribution in [3.8, 4) is 28.7 Å². The van der Waals surface area contributed by atoms with E-state index in [1.165, 1.54) is 0 Å². The molecule has 36 heavy (non-hydrogen) atoms. The lowest BCUT2D eigenvalue weighted by Gasteiger charge is -2.36. The molecule has 0 saturated heterocycles. The molecule has 0 aliphatic heterocycles. The van der Waals surface area contributed by atoms with Gasteiger partial charge in [0.05, 0.1) is 35.5 Å². The minimum atomic E-state index is -0.145. The van der Waals surface area contributed by atoms with Gasteiger partial charge in [-0.05, 0) is 59.0 Å². The van der Waals surface area contributed by atoms with Crippen LogP contribution in [0.1, 0.15) is 29.7 Å². The smallest absolute Gasteiger partial charge is 0.203 e.